The number of rotatable bonds is 1. The van der Waals surface area contributed by atoms with Crippen molar-refractivity contribution in [3.8, 4) is 6.07 Å². The number of nitriles is 1. The molecule has 1 aromatic rings. The minimum absolute atomic E-state index is 0.0434. The molecule has 1 N–H and O–H groups in total. The standard InChI is InChI=1S/C12H12FN3O4/c1-12(2,3)20-11(19)16(10(17)18)9-8(13)4-7(5-14)6-15-9/h4,6H,1-3H3,(H,17,18). The second-order valence-corrected chi connectivity index (χ2v) is 4.74. The van der Waals surface area contributed by atoms with Crippen LogP contribution in [0.15, 0.2) is 12.3 Å². The minimum atomic E-state index is -1.74. The van der Waals surface area contributed by atoms with Crippen LogP contribution >= 0.6 is 0 Å². The Morgan fingerprint density at radius 2 is 2.10 bits per heavy atom. The molecule has 20 heavy (non-hydrogen) atoms. The average Bonchev–Trinajstić information content (AvgIpc) is 2.28. The van der Waals surface area contributed by atoms with Crippen molar-refractivity contribution >= 4 is 18.0 Å². The van der Waals surface area contributed by atoms with Crippen molar-refractivity contribution in [2.45, 2.75) is 26.4 Å². The van der Waals surface area contributed by atoms with Crippen LogP contribution in [0.3, 0.4) is 0 Å². The summed E-state index contributed by atoms with van der Waals surface area (Å²) < 4.78 is 18.6. The average molecular weight is 281 g/mol. The number of aromatic nitrogens is 1. The fourth-order valence-corrected chi connectivity index (χ4v) is 1.22. The third-order valence-corrected chi connectivity index (χ3v) is 1.93. The number of pyridine rings is 1. The van der Waals surface area contributed by atoms with E-state index in [4.69, 9.17) is 15.1 Å². The van der Waals surface area contributed by atoms with Gasteiger partial charge in [0, 0.05) is 6.20 Å². The van der Waals surface area contributed by atoms with Crippen LogP contribution < -0.4 is 4.90 Å². The van der Waals surface area contributed by atoms with Gasteiger partial charge in [0.05, 0.1) is 5.56 Å². The Labute approximate surface area is 114 Å². The Kier molecular flexibility index (Phi) is 4.24. The molecule has 0 atom stereocenters. The molecule has 1 aromatic heterocycles. The molecule has 0 aliphatic rings. The molecular weight excluding hydrogens is 269 g/mol. The summed E-state index contributed by atoms with van der Waals surface area (Å²) in [4.78, 5) is 26.4. The maximum absolute atomic E-state index is 13.7. The lowest BCUT2D eigenvalue weighted by Crippen LogP contribution is -2.41. The third-order valence-electron chi connectivity index (χ3n) is 1.93. The zero-order chi connectivity index (χ0) is 15.5. The Balaban J connectivity index is 3.19. The molecule has 2 amide bonds. The van der Waals surface area contributed by atoms with Gasteiger partial charge in [-0.3, -0.25) is 0 Å². The van der Waals surface area contributed by atoms with Gasteiger partial charge >= 0.3 is 12.2 Å². The van der Waals surface area contributed by atoms with Crippen molar-refractivity contribution in [1.29, 1.82) is 5.26 Å². The Hall–Kier alpha value is -2.69. The summed E-state index contributed by atoms with van der Waals surface area (Å²) in [5.41, 5.74) is -1.05. The number of hydrogen-bond donors (Lipinski definition) is 1. The topological polar surface area (TPSA) is 104 Å². The number of imide groups is 1. The number of hydrogen-bond acceptors (Lipinski definition) is 5. The zero-order valence-electron chi connectivity index (χ0n) is 11.0. The normalized spacial score (nSPS) is 10.6. The largest absolute Gasteiger partial charge is 0.464 e. The molecule has 0 spiro atoms. The highest BCUT2D eigenvalue weighted by atomic mass is 19.1. The predicted molar refractivity (Wildman–Crippen MR) is 65.6 cm³/mol. The van der Waals surface area contributed by atoms with Crippen LogP contribution in [0.2, 0.25) is 0 Å². The van der Waals surface area contributed by atoms with E-state index in [2.05, 4.69) is 4.98 Å². The lowest BCUT2D eigenvalue weighted by molar-refractivity contribution is 0.0579. The van der Waals surface area contributed by atoms with Crippen LogP contribution in [0.25, 0.3) is 0 Å². The number of nitrogens with zero attached hydrogens (tertiary/aromatic N) is 3. The van der Waals surface area contributed by atoms with E-state index in [1.165, 1.54) is 20.8 Å². The highest BCUT2D eigenvalue weighted by Gasteiger charge is 2.31. The third kappa shape index (κ3) is 3.65. The fourth-order valence-electron chi connectivity index (χ4n) is 1.22. The molecule has 0 saturated heterocycles. The monoisotopic (exact) mass is 281 g/mol. The molecule has 106 valence electrons. The molecule has 0 fully saturated rings. The molecule has 0 aliphatic carbocycles. The highest BCUT2D eigenvalue weighted by molar-refractivity contribution is 6.07. The van der Waals surface area contributed by atoms with Crippen molar-refractivity contribution in [2.75, 3.05) is 4.90 Å². The zero-order valence-corrected chi connectivity index (χ0v) is 11.0. The maximum Gasteiger partial charge on any atom is 0.425 e. The van der Waals surface area contributed by atoms with Crippen LogP contribution in [0.4, 0.5) is 19.8 Å². The second-order valence-electron chi connectivity index (χ2n) is 4.74. The molecule has 0 aromatic carbocycles. The SMILES string of the molecule is CC(C)(C)OC(=O)N(C(=O)O)c1ncc(C#N)cc1F. The lowest BCUT2D eigenvalue weighted by Gasteiger charge is -2.23. The van der Waals surface area contributed by atoms with Crippen molar-refractivity contribution in [3.05, 3.63) is 23.6 Å². The quantitative estimate of drug-likeness (QED) is 0.848. The Bertz CT molecular complexity index is 589. The number of carboxylic acid groups (broad SMARTS) is 1. The number of halogens is 1. The van der Waals surface area contributed by atoms with E-state index >= 15 is 0 Å². The van der Waals surface area contributed by atoms with Crippen LogP contribution in [0.5, 0.6) is 0 Å². The number of carbonyl (C=O) groups excluding carboxylic acids is 1. The minimum Gasteiger partial charge on any atom is -0.464 e. The van der Waals surface area contributed by atoms with Crippen molar-refractivity contribution in [2.24, 2.45) is 0 Å². The summed E-state index contributed by atoms with van der Waals surface area (Å²) in [6.45, 7) is 4.61. The van der Waals surface area contributed by atoms with Crippen molar-refractivity contribution in [1.82, 2.24) is 4.98 Å². The highest BCUT2D eigenvalue weighted by Crippen LogP contribution is 2.20. The van der Waals surface area contributed by atoms with Gasteiger partial charge in [-0.05, 0) is 26.8 Å². The van der Waals surface area contributed by atoms with Crippen molar-refractivity contribution in [3.63, 3.8) is 0 Å². The summed E-state index contributed by atoms with van der Waals surface area (Å²) in [6.07, 6.45) is -2.06. The number of ether oxygens (including phenoxy) is 1. The predicted octanol–water partition coefficient (Wildman–Crippen LogP) is 2.51. The molecule has 1 rings (SSSR count). The molecule has 0 unspecified atom stereocenters. The van der Waals surface area contributed by atoms with Gasteiger partial charge in [0.25, 0.3) is 0 Å². The van der Waals surface area contributed by atoms with Crippen molar-refractivity contribution < 1.29 is 23.8 Å². The Morgan fingerprint density at radius 3 is 2.50 bits per heavy atom. The first kappa shape index (κ1) is 15.4. The second kappa shape index (κ2) is 5.52. The molecule has 8 heteroatoms. The van der Waals surface area contributed by atoms with Gasteiger partial charge in [0.1, 0.15) is 11.7 Å². The fraction of sp³-hybridized carbons (Fsp3) is 0.333. The molecule has 7 nitrogen and oxygen atoms in total. The molecule has 1 heterocycles. The van der Waals surface area contributed by atoms with Crippen LogP contribution in [0, 0.1) is 17.1 Å². The van der Waals surface area contributed by atoms with Gasteiger partial charge in [-0.1, -0.05) is 0 Å². The van der Waals surface area contributed by atoms with Gasteiger partial charge in [0.2, 0.25) is 0 Å². The van der Waals surface area contributed by atoms with Gasteiger partial charge in [-0.2, -0.15) is 10.2 Å². The molecule has 0 saturated carbocycles. The maximum atomic E-state index is 13.7. The van der Waals surface area contributed by atoms with Gasteiger partial charge in [-0.25, -0.2) is 19.0 Å². The number of amides is 2. The first-order valence-corrected chi connectivity index (χ1v) is 5.47. The summed E-state index contributed by atoms with van der Waals surface area (Å²) in [6, 6.07) is 2.43. The van der Waals surface area contributed by atoms with Crippen LogP contribution in [0.1, 0.15) is 26.3 Å². The van der Waals surface area contributed by atoms with Gasteiger partial charge in [0.15, 0.2) is 11.6 Å². The molecule has 0 radical (unpaired) electrons. The Morgan fingerprint density at radius 1 is 1.50 bits per heavy atom. The van der Waals surface area contributed by atoms with Gasteiger partial charge in [-0.15, -0.1) is 0 Å². The molecule has 0 bridgehead atoms. The first-order valence-electron chi connectivity index (χ1n) is 5.47. The van der Waals surface area contributed by atoms with E-state index in [-0.39, 0.29) is 10.5 Å². The summed E-state index contributed by atoms with van der Waals surface area (Å²) >= 11 is 0. The first-order chi connectivity index (χ1) is 9.15. The summed E-state index contributed by atoms with van der Waals surface area (Å²) in [7, 11) is 0. The van der Waals surface area contributed by atoms with E-state index < -0.39 is 29.4 Å². The van der Waals surface area contributed by atoms with Gasteiger partial charge < -0.3 is 9.84 Å². The summed E-state index contributed by atoms with van der Waals surface area (Å²) in [5, 5.41) is 17.6. The van der Waals surface area contributed by atoms with E-state index in [0.717, 1.165) is 12.3 Å². The molecule has 0 aliphatic heterocycles. The van der Waals surface area contributed by atoms with Crippen LogP contribution in [-0.2, 0) is 4.74 Å². The smallest absolute Gasteiger partial charge is 0.425 e. The van der Waals surface area contributed by atoms with Crippen LogP contribution in [-0.4, -0.2) is 27.9 Å². The lowest BCUT2D eigenvalue weighted by atomic mass is 10.2. The molecular formula is C12H12FN3O4. The van der Waals surface area contributed by atoms with E-state index in [9.17, 15) is 14.0 Å². The van der Waals surface area contributed by atoms with E-state index in [1.807, 2.05) is 0 Å². The number of anilines is 1. The summed E-state index contributed by atoms with van der Waals surface area (Å²) in [5.74, 6) is -1.86. The number of carbonyl (C=O) groups is 2. The van der Waals surface area contributed by atoms with E-state index in [1.54, 1.807) is 6.07 Å². The van der Waals surface area contributed by atoms with E-state index in [0.29, 0.717) is 0 Å².